The van der Waals surface area contributed by atoms with E-state index in [1.165, 1.54) is 4.31 Å². The van der Waals surface area contributed by atoms with Crippen LogP contribution in [0.15, 0.2) is 83.8 Å². The summed E-state index contributed by atoms with van der Waals surface area (Å²) in [5, 5.41) is 0. The molecule has 0 spiro atoms. The van der Waals surface area contributed by atoms with Crippen LogP contribution in [0.1, 0.15) is 21.5 Å². The van der Waals surface area contributed by atoms with E-state index in [1.807, 2.05) is 24.3 Å². The van der Waals surface area contributed by atoms with Crippen molar-refractivity contribution in [2.24, 2.45) is 0 Å². The molecule has 0 aliphatic rings. The smallest absolute Gasteiger partial charge is 0.253 e. The minimum atomic E-state index is -3.57. The monoisotopic (exact) mass is 438 g/mol. The molecular weight excluding hydrogens is 412 g/mol. The second-order valence-corrected chi connectivity index (χ2v) is 9.33. The Balaban J connectivity index is 1.64. The molecule has 0 saturated heterocycles. The molecule has 0 atom stereocenters. The zero-order valence-electron chi connectivity index (χ0n) is 17.9. The summed E-state index contributed by atoms with van der Waals surface area (Å²) in [4.78, 5) is 14.6. The molecule has 0 aromatic heterocycles. The van der Waals surface area contributed by atoms with Gasteiger partial charge in [0.2, 0.25) is 10.0 Å². The van der Waals surface area contributed by atoms with Gasteiger partial charge in [-0.05, 0) is 47.5 Å². The zero-order valence-corrected chi connectivity index (χ0v) is 18.7. The van der Waals surface area contributed by atoms with Gasteiger partial charge in [-0.3, -0.25) is 4.79 Å². The number of amides is 1. The maximum absolute atomic E-state index is 12.7. The van der Waals surface area contributed by atoms with Crippen molar-refractivity contribution in [3.8, 4) is 5.75 Å². The van der Waals surface area contributed by atoms with Crippen molar-refractivity contribution in [1.82, 2.24) is 9.21 Å². The van der Waals surface area contributed by atoms with E-state index in [1.54, 1.807) is 80.7 Å². The number of carbonyl (C=O) groups is 1. The third-order valence-corrected chi connectivity index (χ3v) is 6.80. The van der Waals surface area contributed by atoms with E-state index in [4.69, 9.17) is 4.74 Å². The van der Waals surface area contributed by atoms with Gasteiger partial charge in [0.25, 0.3) is 5.91 Å². The third kappa shape index (κ3) is 5.51. The van der Waals surface area contributed by atoms with Gasteiger partial charge in [-0.1, -0.05) is 42.5 Å². The van der Waals surface area contributed by atoms with Crippen molar-refractivity contribution in [2.75, 3.05) is 21.2 Å². The number of nitrogens with zero attached hydrogens (tertiary/aromatic N) is 2. The van der Waals surface area contributed by atoms with Gasteiger partial charge >= 0.3 is 0 Å². The zero-order chi connectivity index (χ0) is 22.4. The number of carbonyl (C=O) groups excluding carboxylic acids is 1. The number of sulfonamides is 1. The molecule has 0 aliphatic heterocycles. The molecule has 0 heterocycles. The van der Waals surface area contributed by atoms with Crippen LogP contribution in [0.2, 0.25) is 0 Å². The maximum atomic E-state index is 12.7. The fourth-order valence-corrected chi connectivity index (χ4v) is 4.34. The number of benzene rings is 3. The quantitative estimate of drug-likeness (QED) is 0.537. The molecule has 3 aromatic rings. The molecule has 0 unspecified atom stereocenters. The first-order chi connectivity index (χ1) is 14.8. The van der Waals surface area contributed by atoms with Gasteiger partial charge < -0.3 is 9.64 Å². The number of rotatable bonds is 8. The maximum Gasteiger partial charge on any atom is 0.253 e. The summed E-state index contributed by atoms with van der Waals surface area (Å²) in [5.74, 6) is 0.667. The van der Waals surface area contributed by atoms with Crippen molar-refractivity contribution in [1.29, 1.82) is 0 Å². The Morgan fingerprint density at radius 3 is 1.94 bits per heavy atom. The second kappa shape index (κ2) is 9.76. The van der Waals surface area contributed by atoms with Crippen molar-refractivity contribution in [2.45, 2.75) is 18.0 Å². The molecule has 0 aliphatic carbocycles. The van der Waals surface area contributed by atoms with E-state index in [0.717, 1.165) is 16.9 Å². The summed E-state index contributed by atoms with van der Waals surface area (Å²) in [7, 11) is 1.34. The van der Waals surface area contributed by atoms with Gasteiger partial charge in [0.05, 0.1) is 12.0 Å². The Bertz CT molecular complexity index is 1110. The van der Waals surface area contributed by atoms with E-state index in [-0.39, 0.29) is 17.3 Å². The van der Waals surface area contributed by atoms with E-state index < -0.39 is 10.0 Å². The van der Waals surface area contributed by atoms with Crippen LogP contribution in [-0.4, -0.2) is 44.7 Å². The summed E-state index contributed by atoms with van der Waals surface area (Å²) >= 11 is 0. The molecule has 7 heteroatoms. The molecule has 0 bridgehead atoms. The average Bonchev–Trinajstić information content (AvgIpc) is 2.80. The summed E-state index contributed by atoms with van der Waals surface area (Å²) in [5.41, 5.74) is 2.35. The van der Waals surface area contributed by atoms with Gasteiger partial charge in [0.1, 0.15) is 5.75 Å². The molecule has 6 nitrogen and oxygen atoms in total. The second-order valence-electron chi connectivity index (χ2n) is 7.28. The first-order valence-electron chi connectivity index (χ1n) is 9.80. The van der Waals surface area contributed by atoms with Crippen LogP contribution in [0.4, 0.5) is 0 Å². The summed E-state index contributed by atoms with van der Waals surface area (Å²) in [6.07, 6.45) is 0. The van der Waals surface area contributed by atoms with E-state index in [2.05, 4.69) is 0 Å². The van der Waals surface area contributed by atoms with Crippen molar-refractivity contribution in [3.63, 3.8) is 0 Å². The largest absolute Gasteiger partial charge is 0.497 e. The number of methoxy groups -OCH3 is 1. The predicted molar refractivity (Wildman–Crippen MR) is 120 cm³/mol. The lowest BCUT2D eigenvalue weighted by Crippen LogP contribution is -2.27. The van der Waals surface area contributed by atoms with Crippen LogP contribution in [0, 0.1) is 0 Å². The standard InChI is InChI=1S/C24H26N2O4S/c1-25(17-19-11-15-22(30-3)16-12-19)24(27)21-13-9-20(10-14-21)18-26(2)31(28,29)23-7-5-4-6-8-23/h4-16H,17-18H2,1-3H3. The Labute approximate surface area is 183 Å². The number of ether oxygens (including phenoxy) is 1. The lowest BCUT2D eigenvalue weighted by Gasteiger charge is -2.19. The molecule has 1 amide bonds. The van der Waals surface area contributed by atoms with E-state index in [0.29, 0.717) is 12.1 Å². The van der Waals surface area contributed by atoms with Crippen molar-refractivity contribution >= 4 is 15.9 Å². The Morgan fingerprint density at radius 2 is 1.35 bits per heavy atom. The first-order valence-corrected chi connectivity index (χ1v) is 11.2. The molecule has 162 valence electrons. The lowest BCUT2D eigenvalue weighted by molar-refractivity contribution is 0.0785. The number of hydrogen-bond acceptors (Lipinski definition) is 4. The first kappa shape index (κ1) is 22.5. The highest BCUT2D eigenvalue weighted by Gasteiger charge is 2.20. The topological polar surface area (TPSA) is 66.9 Å². The highest BCUT2D eigenvalue weighted by atomic mass is 32.2. The summed E-state index contributed by atoms with van der Waals surface area (Å²) in [6, 6.07) is 22.9. The SMILES string of the molecule is COc1ccc(CN(C)C(=O)c2ccc(CN(C)S(=O)(=O)c3ccccc3)cc2)cc1. The molecule has 3 rings (SSSR count). The summed E-state index contributed by atoms with van der Waals surface area (Å²) < 4.78 is 31.8. The number of hydrogen-bond donors (Lipinski definition) is 0. The van der Waals surface area contributed by atoms with E-state index in [9.17, 15) is 13.2 Å². The average molecular weight is 439 g/mol. The predicted octanol–water partition coefficient (Wildman–Crippen LogP) is 3.79. The van der Waals surface area contributed by atoms with Gasteiger partial charge in [0, 0.05) is 32.7 Å². The molecule has 0 radical (unpaired) electrons. The lowest BCUT2D eigenvalue weighted by atomic mass is 10.1. The molecule has 3 aromatic carbocycles. The van der Waals surface area contributed by atoms with Crippen LogP contribution >= 0.6 is 0 Å². The molecule has 0 fully saturated rings. The Kier molecular flexibility index (Phi) is 7.09. The fraction of sp³-hybridized carbons (Fsp3) is 0.208. The van der Waals surface area contributed by atoms with Crippen LogP contribution in [0.3, 0.4) is 0 Å². The van der Waals surface area contributed by atoms with Gasteiger partial charge in [-0.25, -0.2) is 8.42 Å². The third-order valence-electron chi connectivity index (χ3n) is 4.98. The molecule has 0 N–H and O–H groups in total. The van der Waals surface area contributed by atoms with Crippen molar-refractivity contribution in [3.05, 3.63) is 95.6 Å². The van der Waals surface area contributed by atoms with Crippen LogP contribution in [0.5, 0.6) is 5.75 Å². The highest BCUT2D eigenvalue weighted by Crippen LogP contribution is 2.18. The van der Waals surface area contributed by atoms with E-state index >= 15 is 0 Å². The fourth-order valence-electron chi connectivity index (χ4n) is 3.16. The molecular formula is C24H26N2O4S. The van der Waals surface area contributed by atoms with Crippen LogP contribution < -0.4 is 4.74 Å². The minimum Gasteiger partial charge on any atom is -0.497 e. The van der Waals surface area contributed by atoms with Crippen LogP contribution in [0.25, 0.3) is 0 Å². The van der Waals surface area contributed by atoms with Gasteiger partial charge in [0.15, 0.2) is 0 Å². The van der Waals surface area contributed by atoms with Crippen molar-refractivity contribution < 1.29 is 17.9 Å². The minimum absolute atomic E-state index is 0.104. The van der Waals surface area contributed by atoms with Gasteiger partial charge in [-0.2, -0.15) is 4.31 Å². The Hall–Kier alpha value is -3.16. The normalized spacial score (nSPS) is 11.4. The highest BCUT2D eigenvalue weighted by molar-refractivity contribution is 7.89. The molecule has 31 heavy (non-hydrogen) atoms. The Morgan fingerprint density at radius 1 is 0.806 bits per heavy atom. The molecule has 0 saturated carbocycles. The van der Waals surface area contributed by atoms with Gasteiger partial charge in [-0.15, -0.1) is 0 Å². The summed E-state index contributed by atoms with van der Waals surface area (Å²) in [6.45, 7) is 0.690. The van der Waals surface area contributed by atoms with Crippen LogP contribution in [-0.2, 0) is 23.1 Å².